The molecule has 1 heterocycles. The average molecular weight is 293 g/mol. The van der Waals surface area contributed by atoms with Gasteiger partial charge in [-0.1, -0.05) is 0 Å². The molecule has 0 aromatic heterocycles. The highest BCUT2D eigenvalue weighted by atomic mass is 16.6. The summed E-state index contributed by atoms with van der Waals surface area (Å²) in [6.07, 6.45) is 3.59. The Hall–Kier alpha value is -2.48. The Morgan fingerprint density at radius 3 is 2.86 bits per heavy atom. The molecule has 1 aliphatic rings. The summed E-state index contributed by atoms with van der Waals surface area (Å²) in [6, 6.07) is 3.89. The average Bonchev–Trinajstić information content (AvgIpc) is 2.93. The maximum Gasteiger partial charge on any atom is 0.311 e. The van der Waals surface area contributed by atoms with Crippen LogP contribution in [-0.2, 0) is 4.79 Å². The number of nitrogens with zero attached hydrogens (tertiary/aromatic N) is 2. The van der Waals surface area contributed by atoms with Gasteiger partial charge in [-0.25, -0.2) is 5.43 Å². The normalized spacial score (nSPS) is 15.4. The summed E-state index contributed by atoms with van der Waals surface area (Å²) in [6.45, 7) is 2.38. The minimum atomic E-state index is -0.679. The van der Waals surface area contributed by atoms with E-state index in [1.807, 2.05) is 0 Å². The smallest absolute Gasteiger partial charge is 0.311 e. The summed E-state index contributed by atoms with van der Waals surface area (Å²) in [5.41, 5.74) is 2.43. The van der Waals surface area contributed by atoms with E-state index in [0.717, 1.165) is 25.9 Å². The van der Waals surface area contributed by atoms with E-state index in [-0.39, 0.29) is 5.91 Å². The Kier molecular flexibility index (Phi) is 4.83. The Bertz CT molecular complexity index is 567. The first-order valence-corrected chi connectivity index (χ1v) is 6.69. The van der Waals surface area contributed by atoms with E-state index in [1.165, 1.54) is 29.3 Å². The van der Waals surface area contributed by atoms with Gasteiger partial charge in [0, 0.05) is 24.5 Å². The third-order valence-corrected chi connectivity index (χ3v) is 3.32. The number of amides is 1. The molecule has 0 bridgehead atoms. The lowest BCUT2D eigenvalue weighted by Crippen LogP contribution is -3.11. The molecule has 8 nitrogen and oxygen atoms in total. The molecule has 1 aromatic rings. The fourth-order valence-corrected chi connectivity index (χ4v) is 2.26. The van der Waals surface area contributed by atoms with Crippen molar-refractivity contribution in [2.75, 3.05) is 19.6 Å². The van der Waals surface area contributed by atoms with Gasteiger partial charge in [-0.2, -0.15) is 5.10 Å². The molecule has 8 heteroatoms. The first-order valence-electron chi connectivity index (χ1n) is 6.69. The second-order valence-corrected chi connectivity index (χ2v) is 4.93. The number of phenolic OH excluding ortho intramolecular Hbond substituents is 1. The predicted molar refractivity (Wildman–Crippen MR) is 75.3 cm³/mol. The first kappa shape index (κ1) is 14.9. The summed E-state index contributed by atoms with van der Waals surface area (Å²) < 4.78 is 0. The second-order valence-electron chi connectivity index (χ2n) is 4.93. The van der Waals surface area contributed by atoms with Crippen LogP contribution in [0.3, 0.4) is 0 Å². The number of hydrazone groups is 1. The third-order valence-electron chi connectivity index (χ3n) is 3.32. The maximum absolute atomic E-state index is 11.6. The number of carbonyl (C=O) groups excluding carboxylic acids is 1. The highest BCUT2D eigenvalue weighted by molar-refractivity contribution is 5.83. The van der Waals surface area contributed by atoms with Crippen LogP contribution in [-0.4, -0.2) is 41.8 Å². The van der Waals surface area contributed by atoms with Gasteiger partial charge in [-0.3, -0.25) is 14.9 Å². The molecular weight excluding hydrogens is 276 g/mol. The zero-order valence-corrected chi connectivity index (χ0v) is 11.4. The molecule has 1 aliphatic heterocycles. The van der Waals surface area contributed by atoms with Gasteiger partial charge in [0.25, 0.3) is 5.91 Å². The number of phenols is 1. The lowest BCUT2D eigenvalue weighted by molar-refractivity contribution is -0.879. The summed E-state index contributed by atoms with van der Waals surface area (Å²) in [4.78, 5) is 22.9. The first-order chi connectivity index (χ1) is 10.1. The summed E-state index contributed by atoms with van der Waals surface area (Å²) >= 11 is 0. The summed E-state index contributed by atoms with van der Waals surface area (Å²) in [7, 11) is 0. The standard InChI is InChI=1S/C13H16N4O4/c18-12-4-3-10(7-11(12)17(20)21)8-14-15-13(19)9-16-5-1-2-6-16/h3-4,7-8,18H,1-2,5-6,9H2,(H,15,19)/p+1/b14-8+. The van der Waals surface area contributed by atoms with Crippen LogP contribution < -0.4 is 10.3 Å². The molecule has 0 atom stereocenters. The third kappa shape index (κ3) is 4.25. The number of likely N-dealkylation sites (tertiary alicyclic amines) is 1. The van der Waals surface area contributed by atoms with Crippen molar-refractivity contribution >= 4 is 17.8 Å². The number of rotatable bonds is 5. The Morgan fingerprint density at radius 1 is 1.48 bits per heavy atom. The van der Waals surface area contributed by atoms with Gasteiger partial charge in [-0.05, 0) is 12.1 Å². The van der Waals surface area contributed by atoms with Crippen LogP contribution in [0.1, 0.15) is 18.4 Å². The van der Waals surface area contributed by atoms with Crippen LogP contribution in [0.5, 0.6) is 5.75 Å². The lowest BCUT2D eigenvalue weighted by atomic mass is 10.2. The fourth-order valence-electron chi connectivity index (χ4n) is 2.26. The molecule has 0 spiro atoms. The minimum absolute atomic E-state index is 0.184. The van der Waals surface area contributed by atoms with Crippen molar-refractivity contribution in [2.45, 2.75) is 12.8 Å². The topological polar surface area (TPSA) is 109 Å². The fraction of sp³-hybridized carbons (Fsp3) is 0.385. The van der Waals surface area contributed by atoms with E-state index >= 15 is 0 Å². The number of aromatic hydroxyl groups is 1. The molecule has 1 saturated heterocycles. The van der Waals surface area contributed by atoms with Crippen LogP contribution in [0.2, 0.25) is 0 Å². The van der Waals surface area contributed by atoms with Crippen molar-refractivity contribution in [1.29, 1.82) is 0 Å². The number of quaternary nitrogens is 1. The number of benzene rings is 1. The maximum atomic E-state index is 11.6. The molecule has 3 N–H and O–H groups in total. The van der Waals surface area contributed by atoms with Gasteiger partial charge < -0.3 is 10.0 Å². The molecule has 1 fully saturated rings. The monoisotopic (exact) mass is 293 g/mol. The van der Waals surface area contributed by atoms with E-state index in [0.29, 0.717) is 12.1 Å². The van der Waals surface area contributed by atoms with Crippen LogP contribution in [0.15, 0.2) is 23.3 Å². The number of nitro groups is 1. The second kappa shape index (κ2) is 6.80. The van der Waals surface area contributed by atoms with Crippen molar-refractivity contribution in [3.8, 4) is 5.75 Å². The van der Waals surface area contributed by atoms with Gasteiger partial charge in [-0.15, -0.1) is 0 Å². The van der Waals surface area contributed by atoms with E-state index in [2.05, 4.69) is 10.5 Å². The number of nitro benzene ring substituents is 1. The molecule has 0 unspecified atom stereocenters. The zero-order valence-electron chi connectivity index (χ0n) is 11.4. The van der Waals surface area contributed by atoms with Gasteiger partial charge in [0.2, 0.25) is 0 Å². The largest absolute Gasteiger partial charge is 0.502 e. The quantitative estimate of drug-likeness (QED) is 0.383. The summed E-state index contributed by atoms with van der Waals surface area (Å²) in [5, 5.41) is 23.8. The molecule has 1 amide bonds. The minimum Gasteiger partial charge on any atom is -0.502 e. The summed E-state index contributed by atoms with van der Waals surface area (Å²) in [5.74, 6) is -0.588. The highest BCUT2D eigenvalue weighted by Crippen LogP contribution is 2.25. The molecular formula is C13H17N4O4+. The van der Waals surface area contributed by atoms with Gasteiger partial charge in [0.15, 0.2) is 12.3 Å². The molecule has 112 valence electrons. The van der Waals surface area contributed by atoms with Crippen molar-refractivity contribution in [1.82, 2.24) is 5.43 Å². The van der Waals surface area contributed by atoms with Crippen molar-refractivity contribution in [2.24, 2.45) is 5.10 Å². The predicted octanol–water partition coefficient (Wildman–Crippen LogP) is -0.571. The zero-order chi connectivity index (χ0) is 15.2. The SMILES string of the molecule is O=C(C[NH+]1CCCC1)N/N=C/c1ccc(O)c([N+](=O)[O-])c1. The molecule has 2 rings (SSSR count). The number of hydrogen-bond donors (Lipinski definition) is 3. The number of carbonyl (C=O) groups is 1. The molecule has 0 saturated carbocycles. The van der Waals surface area contributed by atoms with Crippen molar-refractivity contribution in [3.05, 3.63) is 33.9 Å². The lowest BCUT2D eigenvalue weighted by Gasteiger charge is -2.09. The van der Waals surface area contributed by atoms with Gasteiger partial charge >= 0.3 is 5.69 Å². The Labute approximate surface area is 121 Å². The van der Waals surface area contributed by atoms with Crippen LogP contribution >= 0.6 is 0 Å². The number of nitrogens with one attached hydrogen (secondary N) is 2. The van der Waals surface area contributed by atoms with Gasteiger partial charge in [0.1, 0.15) is 0 Å². The van der Waals surface area contributed by atoms with Crippen LogP contribution in [0.25, 0.3) is 0 Å². The molecule has 1 aromatic carbocycles. The van der Waals surface area contributed by atoms with Crippen LogP contribution in [0, 0.1) is 10.1 Å². The Morgan fingerprint density at radius 2 is 2.19 bits per heavy atom. The van der Waals surface area contributed by atoms with E-state index < -0.39 is 16.4 Å². The Balaban J connectivity index is 1.90. The molecule has 0 radical (unpaired) electrons. The van der Waals surface area contributed by atoms with Crippen LogP contribution in [0.4, 0.5) is 5.69 Å². The van der Waals surface area contributed by atoms with Crippen molar-refractivity contribution < 1.29 is 19.7 Å². The van der Waals surface area contributed by atoms with Gasteiger partial charge in [0.05, 0.1) is 24.2 Å². The number of hydrogen-bond acceptors (Lipinski definition) is 5. The highest BCUT2D eigenvalue weighted by Gasteiger charge is 2.18. The van der Waals surface area contributed by atoms with E-state index in [9.17, 15) is 20.0 Å². The van der Waals surface area contributed by atoms with E-state index in [1.54, 1.807) is 0 Å². The molecule has 21 heavy (non-hydrogen) atoms. The van der Waals surface area contributed by atoms with E-state index in [4.69, 9.17) is 0 Å². The molecule has 0 aliphatic carbocycles. The van der Waals surface area contributed by atoms with Crippen molar-refractivity contribution in [3.63, 3.8) is 0 Å².